The van der Waals surface area contributed by atoms with Gasteiger partial charge in [-0.15, -0.1) is 0 Å². The monoisotopic (exact) mass is 221 g/mol. The molecule has 0 amide bonds. The molecule has 1 N–H and O–H groups in total. The van der Waals surface area contributed by atoms with Gasteiger partial charge in [0.1, 0.15) is 11.8 Å². The first-order valence-corrected chi connectivity index (χ1v) is 5.13. The Hall–Kier alpha value is -2.60. The van der Waals surface area contributed by atoms with Gasteiger partial charge in [0.25, 0.3) is 0 Å². The molecule has 0 heterocycles. The third-order valence-electron chi connectivity index (χ3n) is 2.94. The van der Waals surface area contributed by atoms with Crippen LogP contribution in [-0.2, 0) is 4.79 Å². The topological polar surface area (TPSA) is 61.1 Å². The second-order valence-electron chi connectivity index (χ2n) is 3.93. The molecule has 2 aliphatic carbocycles. The van der Waals surface area contributed by atoms with Gasteiger partial charge < -0.3 is 5.11 Å². The third kappa shape index (κ3) is 1.25. The Morgan fingerprint density at radius 1 is 1.18 bits per heavy atom. The Bertz CT molecular complexity index is 685. The number of benzene rings is 1. The lowest BCUT2D eigenvalue weighted by atomic mass is 9.92. The molecule has 3 heteroatoms. The Balaban J connectivity index is 2.22. The molecule has 3 nitrogen and oxygen atoms in total. The minimum atomic E-state index is -0.249. The number of Topliss-reactive ketones (excluding diaryl/α,β-unsaturated/α-hetero) is 1. The van der Waals surface area contributed by atoms with E-state index in [1.54, 1.807) is 30.4 Å². The molecule has 0 unspecified atom stereocenters. The number of rotatable bonds is 0. The molecule has 1 aromatic carbocycles. The van der Waals surface area contributed by atoms with E-state index in [9.17, 15) is 9.90 Å². The van der Waals surface area contributed by atoms with Crippen LogP contribution >= 0.6 is 0 Å². The molecule has 0 aromatic heterocycles. The summed E-state index contributed by atoms with van der Waals surface area (Å²) < 4.78 is 0. The number of hydrogen-bond donors (Lipinski definition) is 1. The average Bonchev–Trinajstić information content (AvgIpc) is 2.68. The molecule has 3 rings (SSSR count). The summed E-state index contributed by atoms with van der Waals surface area (Å²) in [5.41, 5.74) is 3.23. The fraction of sp³-hybridized carbons (Fsp3) is 0. The summed E-state index contributed by atoms with van der Waals surface area (Å²) in [5.74, 6) is -0.0820. The molecule has 0 atom stereocenters. The molecule has 2 aliphatic rings. The fourth-order valence-electron chi connectivity index (χ4n) is 2.14. The van der Waals surface area contributed by atoms with Crippen molar-refractivity contribution in [1.29, 1.82) is 5.26 Å². The van der Waals surface area contributed by atoms with Gasteiger partial charge >= 0.3 is 0 Å². The van der Waals surface area contributed by atoms with Gasteiger partial charge in [-0.2, -0.15) is 5.26 Å². The van der Waals surface area contributed by atoms with Crippen molar-refractivity contribution in [2.45, 2.75) is 0 Å². The molecular formula is C14H7NO2. The first-order chi connectivity index (χ1) is 8.20. The van der Waals surface area contributed by atoms with Gasteiger partial charge in [0.05, 0.1) is 5.57 Å². The molecule has 0 bridgehead atoms. The van der Waals surface area contributed by atoms with Crippen LogP contribution in [-0.4, -0.2) is 10.9 Å². The highest BCUT2D eigenvalue weighted by Crippen LogP contribution is 2.40. The number of carbonyl (C=O) groups is 1. The van der Waals surface area contributed by atoms with Crippen LogP contribution in [0.1, 0.15) is 11.1 Å². The van der Waals surface area contributed by atoms with Crippen molar-refractivity contribution in [3.05, 3.63) is 52.6 Å². The van der Waals surface area contributed by atoms with Gasteiger partial charge in [0.2, 0.25) is 5.78 Å². The van der Waals surface area contributed by atoms with E-state index < -0.39 is 0 Å². The molecule has 0 fully saturated rings. The summed E-state index contributed by atoms with van der Waals surface area (Å²) in [6, 6.07) is 6.86. The fourth-order valence-corrected chi connectivity index (χ4v) is 2.14. The number of phenols is 1. The molecule has 0 spiro atoms. The van der Waals surface area contributed by atoms with Crippen LogP contribution in [0, 0.1) is 11.3 Å². The van der Waals surface area contributed by atoms with Gasteiger partial charge in [-0.1, -0.05) is 12.1 Å². The van der Waals surface area contributed by atoms with E-state index in [-0.39, 0.29) is 17.1 Å². The van der Waals surface area contributed by atoms with Gasteiger partial charge in [-0.3, -0.25) is 4.79 Å². The maximum atomic E-state index is 11.9. The molecule has 0 saturated heterocycles. The molecule has 17 heavy (non-hydrogen) atoms. The van der Waals surface area contributed by atoms with Crippen molar-refractivity contribution in [3.8, 4) is 11.8 Å². The Labute approximate surface area is 97.6 Å². The van der Waals surface area contributed by atoms with Crippen molar-refractivity contribution in [1.82, 2.24) is 0 Å². The van der Waals surface area contributed by atoms with Crippen LogP contribution in [0.15, 0.2) is 41.5 Å². The van der Waals surface area contributed by atoms with Gasteiger partial charge in [0.15, 0.2) is 0 Å². The van der Waals surface area contributed by atoms with Crippen molar-refractivity contribution in [3.63, 3.8) is 0 Å². The second kappa shape index (κ2) is 3.19. The van der Waals surface area contributed by atoms with E-state index in [1.807, 2.05) is 6.07 Å². The van der Waals surface area contributed by atoms with Crippen LogP contribution in [0.4, 0.5) is 0 Å². The lowest BCUT2D eigenvalue weighted by Gasteiger charge is -2.09. The maximum Gasteiger partial charge on any atom is 0.204 e. The van der Waals surface area contributed by atoms with Crippen molar-refractivity contribution >= 4 is 17.4 Å². The van der Waals surface area contributed by atoms with Crippen molar-refractivity contribution in [2.75, 3.05) is 0 Å². The van der Waals surface area contributed by atoms with E-state index in [0.29, 0.717) is 5.57 Å². The summed E-state index contributed by atoms with van der Waals surface area (Å²) in [5, 5.41) is 18.2. The predicted molar refractivity (Wildman–Crippen MR) is 62.8 cm³/mol. The normalized spacial score (nSPS) is 16.4. The zero-order valence-corrected chi connectivity index (χ0v) is 8.77. The summed E-state index contributed by atoms with van der Waals surface area (Å²) in [7, 11) is 0. The standard InChI is InChI=1S/C14H7NO2/c15-7-8-1-3-12-11-4-2-10(16)5-9(11)6-13(12)14(8)17/h1-6,16H. The summed E-state index contributed by atoms with van der Waals surface area (Å²) in [4.78, 5) is 11.9. The third-order valence-corrected chi connectivity index (χ3v) is 2.94. The lowest BCUT2D eigenvalue weighted by Crippen LogP contribution is -2.07. The Morgan fingerprint density at radius 2 is 2.00 bits per heavy atom. The molecular weight excluding hydrogens is 214 g/mol. The average molecular weight is 221 g/mol. The van der Waals surface area contributed by atoms with Crippen LogP contribution in [0.2, 0.25) is 0 Å². The summed E-state index contributed by atoms with van der Waals surface area (Å²) >= 11 is 0. The first kappa shape index (κ1) is 9.61. The number of fused-ring (bicyclic) bond motifs is 3. The number of nitriles is 1. The number of allylic oxidation sites excluding steroid dienone is 5. The number of phenolic OH excluding ortho intramolecular Hbond substituents is 1. The van der Waals surface area contributed by atoms with Crippen LogP contribution in [0.5, 0.6) is 5.75 Å². The molecule has 80 valence electrons. The summed E-state index contributed by atoms with van der Waals surface area (Å²) in [6.07, 6.45) is 5.03. The van der Waals surface area contributed by atoms with Crippen LogP contribution in [0.25, 0.3) is 11.6 Å². The zero-order chi connectivity index (χ0) is 12.0. The largest absolute Gasteiger partial charge is 0.508 e. The number of hydrogen-bond acceptors (Lipinski definition) is 3. The van der Waals surface area contributed by atoms with Crippen molar-refractivity contribution < 1.29 is 9.90 Å². The molecule has 0 aliphatic heterocycles. The maximum absolute atomic E-state index is 11.9. The zero-order valence-electron chi connectivity index (χ0n) is 8.77. The lowest BCUT2D eigenvalue weighted by molar-refractivity contribution is -0.111. The number of nitrogens with zero attached hydrogens (tertiary/aromatic N) is 1. The van der Waals surface area contributed by atoms with E-state index in [1.165, 1.54) is 6.08 Å². The number of carbonyl (C=O) groups excluding carboxylic acids is 1. The first-order valence-electron chi connectivity index (χ1n) is 5.13. The minimum absolute atomic E-state index is 0.150. The minimum Gasteiger partial charge on any atom is -0.508 e. The quantitative estimate of drug-likeness (QED) is 0.730. The van der Waals surface area contributed by atoms with E-state index in [0.717, 1.165) is 16.7 Å². The molecule has 0 saturated carbocycles. The van der Waals surface area contributed by atoms with E-state index in [4.69, 9.17) is 5.26 Å². The highest BCUT2D eigenvalue weighted by molar-refractivity contribution is 6.27. The van der Waals surface area contributed by atoms with Gasteiger partial charge in [-0.05, 0) is 41.0 Å². The van der Waals surface area contributed by atoms with Crippen LogP contribution in [0.3, 0.4) is 0 Å². The SMILES string of the molecule is N#CC1=CC=C2C(=Cc3cc(O)ccc32)C1=O. The summed E-state index contributed by atoms with van der Waals surface area (Å²) in [6.45, 7) is 0. The number of aromatic hydroxyl groups is 1. The van der Waals surface area contributed by atoms with E-state index >= 15 is 0 Å². The Kier molecular flexibility index (Phi) is 1.81. The smallest absolute Gasteiger partial charge is 0.204 e. The molecule has 1 aromatic rings. The highest BCUT2D eigenvalue weighted by atomic mass is 16.3. The Morgan fingerprint density at radius 3 is 2.76 bits per heavy atom. The molecule has 0 radical (unpaired) electrons. The van der Waals surface area contributed by atoms with Crippen molar-refractivity contribution in [2.24, 2.45) is 0 Å². The van der Waals surface area contributed by atoms with E-state index in [2.05, 4.69) is 0 Å². The number of ketones is 1. The highest BCUT2D eigenvalue weighted by Gasteiger charge is 2.28. The second-order valence-corrected chi connectivity index (χ2v) is 3.93. The predicted octanol–water partition coefficient (Wildman–Crippen LogP) is 2.21. The van der Waals surface area contributed by atoms with Crippen LogP contribution < -0.4 is 0 Å². The van der Waals surface area contributed by atoms with Gasteiger partial charge in [0, 0.05) is 5.57 Å². The van der Waals surface area contributed by atoms with Gasteiger partial charge in [-0.25, -0.2) is 0 Å².